The van der Waals surface area contributed by atoms with Gasteiger partial charge in [-0.25, -0.2) is 0 Å². The van der Waals surface area contributed by atoms with Crippen molar-refractivity contribution in [3.8, 4) is 0 Å². The van der Waals surface area contributed by atoms with Gasteiger partial charge in [0.15, 0.2) is 0 Å². The van der Waals surface area contributed by atoms with Crippen molar-refractivity contribution in [2.45, 2.75) is 89.0 Å². The standard InChI is InChI=1S/C29H39N3/c1-2-3-16-29(32-21-6-7-22-32)17-12-24(13-18-29)28-26(11-10-23-14-19-30-20-15-23)25-8-4-5-9-27(25)31-28/h4-5,8-9,14-15,19-20,24,31H,2-3,6-7,10-13,16-18,21-22H2,1H3. The number of rotatable bonds is 8. The van der Waals surface area contributed by atoms with Crippen LogP contribution in [0.15, 0.2) is 48.8 Å². The highest BCUT2D eigenvalue weighted by Gasteiger charge is 2.41. The van der Waals surface area contributed by atoms with Crippen LogP contribution in [0, 0.1) is 0 Å². The van der Waals surface area contributed by atoms with Gasteiger partial charge in [0.2, 0.25) is 0 Å². The Labute approximate surface area is 193 Å². The zero-order valence-electron chi connectivity index (χ0n) is 19.8. The van der Waals surface area contributed by atoms with Crippen molar-refractivity contribution in [3.63, 3.8) is 0 Å². The van der Waals surface area contributed by atoms with Crippen LogP contribution in [-0.2, 0) is 12.8 Å². The molecule has 3 heterocycles. The molecule has 1 aromatic carbocycles. The molecule has 170 valence electrons. The van der Waals surface area contributed by atoms with E-state index >= 15 is 0 Å². The van der Waals surface area contributed by atoms with Crippen LogP contribution in [0.5, 0.6) is 0 Å². The number of aromatic amines is 1. The predicted octanol–water partition coefficient (Wildman–Crippen LogP) is 7.03. The average molecular weight is 430 g/mol. The highest BCUT2D eigenvalue weighted by molar-refractivity contribution is 5.85. The van der Waals surface area contributed by atoms with Crippen molar-refractivity contribution in [1.29, 1.82) is 0 Å². The Hall–Kier alpha value is -2.13. The maximum absolute atomic E-state index is 4.19. The molecule has 3 aromatic rings. The molecule has 3 nitrogen and oxygen atoms in total. The van der Waals surface area contributed by atoms with Gasteiger partial charge in [0.25, 0.3) is 0 Å². The molecule has 0 amide bonds. The molecule has 0 radical (unpaired) electrons. The molecule has 0 unspecified atom stereocenters. The van der Waals surface area contributed by atoms with Crippen LogP contribution in [0.3, 0.4) is 0 Å². The van der Waals surface area contributed by atoms with Gasteiger partial charge in [0, 0.05) is 34.5 Å². The fraction of sp³-hybridized carbons (Fsp3) is 0.552. The first kappa shape index (κ1) is 21.7. The smallest absolute Gasteiger partial charge is 0.0459 e. The quantitative estimate of drug-likeness (QED) is 0.417. The van der Waals surface area contributed by atoms with Gasteiger partial charge in [-0.15, -0.1) is 0 Å². The molecule has 0 atom stereocenters. The lowest BCUT2D eigenvalue weighted by Crippen LogP contribution is -2.49. The van der Waals surface area contributed by atoms with E-state index < -0.39 is 0 Å². The first-order valence-corrected chi connectivity index (χ1v) is 13.0. The monoisotopic (exact) mass is 429 g/mol. The number of nitrogens with zero attached hydrogens (tertiary/aromatic N) is 2. The van der Waals surface area contributed by atoms with Gasteiger partial charge in [0.05, 0.1) is 0 Å². The fourth-order valence-corrected chi connectivity index (χ4v) is 6.52. The fourth-order valence-electron chi connectivity index (χ4n) is 6.52. The summed E-state index contributed by atoms with van der Waals surface area (Å²) in [6, 6.07) is 13.3. The van der Waals surface area contributed by atoms with Crippen LogP contribution in [0.2, 0.25) is 0 Å². The molecule has 1 saturated carbocycles. The second-order valence-corrected chi connectivity index (χ2v) is 10.2. The number of hydrogen-bond acceptors (Lipinski definition) is 2. The number of fused-ring (bicyclic) bond motifs is 1. The second-order valence-electron chi connectivity index (χ2n) is 10.2. The molecule has 2 fully saturated rings. The number of para-hydroxylation sites is 1. The van der Waals surface area contributed by atoms with Gasteiger partial charge in [-0.1, -0.05) is 38.0 Å². The number of nitrogens with one attached hydrogen (secondary N) is 1. The number of aromatic nitrogens is 2. The molecule has 2 aromatic heterocycles. The summed E-state index contributed by atoms with van der Waals surface area (Å²) in [6.45, 7) is 5.01. The summed E-state index contributed by atoms with van der Waals surface area (Å²) in [6.07, 6.45) is 18.3. The number of aryl methyl sites for hydroxylation is 2. The van der Waals surface area contributed by atoms with E-state index in [1.165, 1.54) is 93.0 Å². The van der Waals surface area contributed by atoms with E-state index in [0.29, 0.717) is 11.5 Å². The number of hydrogen-bond donors (Lipinski definition) is 1. The third-order valence-corrected chi connectivity index (χ3v) is 8.36. The van der Waals surface area contributed by atoms with E-state index in [2.05, 4.69) is 58.2 Å². The van der Waals surface area contributed by atoms with E-state index in [-0.39, 0.29) is 0 Å². The van der Waals surface area contributed by atoms with Gasteiger partial charge in [-0.3, -0.25) is 9.88 Å². The lowest BCUT2D eigenvalue weighted by atomic mass is 9.71. The highest BCUT2D eigenvalue weighted by Crippen LogP contribution is 2.46. The molecule has 2 aliphatic rings. The largest absolute Gasteiger partial charge is 0.358 e. The molecule has 1 aliphatic carbocycles. The van der Waals surface area contributed by atoms with Crippen LogP contribution in [-0.4, -0.2) is 33.5 Å². The minimum atomic E-state index is 0.478. The zero-order valence-corrected chi connectivity index (χ0v) is 19.8. The Balaban J connectivity index is 1.37. The molecule has 0 bridgehead atoms. The Morgan fingerprint density at radius 2 is 1.75 bits per heavy atom. The SMILES string of the molecule is CCCCC1(N2CCCC2)CCC(c2[nH]c3ccccc3c2CCc2ccncc2)CC1. The molecule has 5 rings (SSSR count). The van der Waals surface area contributed by atoms with Gasteiger partial charge < -0.3 is 4.98 Å². The van der Waals surface area contributed by atoms with E-state index in [4.69, 9.17) is 0 Å². The van der Waals surface area contributed by atoms with Crippen LogP contribution < -0.4 is 0 Å². The number of benzene rings is 1. The maximum Gasteiger partial charge on any atom is 0.0459 e. The Morgan fingerprint density at radius 3 is 2.50 bits per heavy atom. The summed E-state index contributed by atoms with van der Waals surface area (Å²) in [7, 11) is 0. The van der Waals surface area contributed by atoms with Crippen molar-refractivity contribution < 1.29 is 0 Å². The van der Waals surface area contributed by atoms with Crippen molar-refractivity contribution in [2.24, 2.45) is 0 Å². The molecule has 0 spiro atoms. The Bertz CT molecular complexity index is 992. The van der Waals surface area contributed by atoms with E-state index in [0.717, 1.165) is 12.8 Å². The van der Waals surface area contributed by atoms with Crippen molar-refractivity contribution >= 4 is 10.9 Å². The average Bonchev–Trinajstić information content (AvgIpc) is 3.51. The highest BCUT2D eigenvalue weighted by atomic mass is 15.2. The van der Waals surface area contributed by atoms with Crippen molar-refractivity contribution in [2.75, 3.05) is 13.1 Å². The number of pyridine rings is 1. The van der Waals surface area contributed by atoms with E-state index in [1.807, 2.05) is 12.4 Å². The summed E-state index contributed by atoms with van der Waals surface area (Å²) in [5, 5.41) is 1.43. The lowest BCUT2D eigenvalue weighted by molar-refractivity contribution is 0.0555. The van der Waals surface area contributed by atoms with Gasteiger partial charge in [-0.2, -0.15) is 0 Å². The predicted molar refractivity (Wildman–Crippen MR) is 134 cm³/mol. The van der Waals surface area contributed by atoms with Gasteiger partial charge >= 0.3 is 0 Å². The normalized spacial score (nSPS) is 24.3. The summed E-state index contributed by atoms with van der Waals surface area (Å²) < 4.78 is 0. The minimum absolute atomic E-state index is 0.478. The molecular formula is C29H39N3. The van der Waals surface area contributed by atoms with Crippen LogP contribution >= 0.6 is 0 Å². The molecule has 1 N–H and O–H groups in total. The molecule has 1 aliphatic heterocycles. The van der Waals surface area contributed by atoms with Gasteiger partial charge in [0.1, 0.15) is 0 Å². The maximum atomic E-state index is 4.19. The summed E-state index contributed by atoms with van der Waals surface area (Å²) in [5.41, 5.74) is 6.27. The van der Waals surface area contributed by atoms with Crippen LogP contribution in [0.4, 0.5) is 0 Å². The number of unbranched alkanes of at least 4 members (excludes halogenated alkanes) is 1. The van der Waals surface area contributed by atoms with Crippen molar-refractivity contribution in [3.05, 3.63) is 65.6 Å². The van der Waals surface area contributed by atoms with Gasteiger partial charge in [-0.05, 0) is 106 Å². The number of H-pyrrole nitrogens is 1. The second kappa shape index (κ2) is 9.79. The first-order valence-electron chi connectivity index (χ1n) is 13.0. The summed E-state index contributed by atoms with van der Waals surface area (Å²) in [4.78, 5) is 11.0. The molecule has 3 heteroatoms. The van der Waals surface area contributed by atoms with Crippen molar-refractivity contribution in [1.82, 2.24) is 14.9 Å². The third-order valence-electron chi connectivity index (χ3n) is 8.36. The molecule has 1 saturated heterocycles. The topological polar surface area (TPSA) is 31.9 Å². The lowest BCUT2D eigenvalue weighted by Gasteiger charge is -2.47. The minimum Gasteiger partial charge on any atom is -0.358 e. The number of likely N-dealkylation sites (tertiary alicyclic amines) is 1. The Morgan fingerprint density at radius 1 is 1.00 bits per heavy atom. The van der Waals surface area contributed by atoms with Crippen LogP contribution in [0.25, 0.3) is 10.9 Å². The molecular weight excluding hydrogens is 390 g/mol. The van der Waals surface area contributed by atoms with E-state index in [9.17, 15) is 0 Å². The summed E-state index contributed by atoms with van der Waals surface area (Å²) in [5.74, 6) is 0.673. The zero-order chi connectivity index (χ0) is 21.8. The first-order chi connectivity index (χ1) is 15.8. The van der Waals surface area contributed by atoms with Crippen LogP contribution in [0.1, 0.15) is 87.4 Å². The molecule has 32 heavy (non-hydrogen) atoms. The van der Waals surface area contributed by atoms with E-state index in [1.54, 1.807) is 5.56 Å². The third kappa shape index (κ3) is 4.37. The Kier molecular flexibility index (Phi) is 6.64. The summed E-state index contributed by atoms with van der Waals surface area (Å²) >= 11 is 0.